The number of ketones is 1. The summed E-state index contributed by atoms with van der Waals surface area (Å²) in [7, 11) is 0. The SMILES string of the molecule is Fc1c(F)c(F)c([B-](c2c(F)c(F)c(F)c(F)c2F)(c2c(F)c(F)c(F)c(F)c2F)c2c(F)c(F)c(F)c(F)c2F)c(F)c1F.O=C(O)Cc1c2ccccc2cc[n+]1CC(=O)c1ccccc1. The fourth-order valence-corrected chi connectivity index (χ4v) is 7.55. The number of carbonyl (C=O) groups is 2. The molecule has 0 atom stereocenters. The van der Waals surface area contributed by atoms with Gasteiger partial charge in [-0.15, -0.1) is 21.9 Å². The van der Waals surface area contributed by atoms with Gasteiger partial charge in [-0.25, -0.2) is 87.8 Å². The lowest BCUT2D eigenvalue weighted by Gasteiger charge is -2.44. The summed E-state index contributed by atoms with van der Waals surface area (Å²) in [6, 6.07) is 18.5. The van der Waals surface area contributed by atoms with Crippen LogP contribution in [0.3, 0.4) is 0 Å². The predicted molar refractivity (Wildman–Crippen MR) is 195 cm³/mol. The third-order valence-corrected chi connectivity index (χ3v) is 10.5. The molecule has 354 valence electrons. The Bertz CT molecular complexity index is 2860. The van der Waals surface area contributed by atoms with Gasteiger partial charge < -0.3 is 5.11 Å². The second-order valence-corrected chi connectivity index (χ2v) is 14.1. The summed E-state index contributed by atoms with van der Waals surface area (Å²) < 4.78 is 296. The molecule has 1 N–H and O–H groups in total. The molecule has 0 spiro atoms. The van der Waals surface area contributed by atoms with Crippen LogP contribution in [0.2, 0.25) is 0 Å². The molecule has 6 aromatic carbocycles. The zero-order chi connectivity index (χ0) is 50.6. The average Bonchev–Trinajstić information content (AvgIpc) is 3.32. The fourth-order valence-electron chi connectivity index (χ4n) is 7.55. The number of aliphatic carboxylic acids is 1. The number of carbonyl (C=O) groups excluding carboxylic acids is 1. The van der Waals surface area contributed by atoms with Crippen LogP contribution in [0.5, 0.6) is 0 Å². The maximum Gasteiger partial charge on any atom is 0.314 e. The van der Waals surface area contributed by atoms with Gasteiger partial charge in [0.2, 0.25) is 18.0 Å². The van der Waals surface area contributed by atoms with Crippen molar-refractivity contribution >= 4 is 50.5 Å². The number of nitrogens with zero attached hydrogens (tertiary/aromatic N) is 1. The number of Topliss-reactive ketones (excluding diaryl/α,β-unsaturated/α-hetero) is 1. The van der Waals surface area contributed by atoms with Crippen molar-refractivity contribution in [1.29, 1.82) is 0 Å². The molecular formula is C43H16BF20NO3. The van der Waals surface area contributed by atoms with Gasteiger partial charge in [-0.05, 0) is 11.5 Å². The van der Waals surface area contributed by atoms with Crippen LogP contribution in [0.1, 0.15) is 16.1 Å². The highest BCUT2D eigenvalue weighted by atomic mass is 19.2. The molecule has 1 aromatic heterocycles. The first kappa shape index (κ1) is 50.0. The molecule has 68 heavy (non-hydrogen) atoms. The lowest BCUT2D eigenvalue weighted by Crippen LogP contribution is -2.81. The van der Waals surface area contributed by atoms with E-state index in [4.69, 9.17) is 0 Å². The number of pyridine rings is 1. The molecular weight excluding hydrogens is 969 g/mol. The van der Waals surface area contributed by atoms with Crippen molar-refractivity contribution in [3.63, 3.8) is 0 Å². The second kappa shape index (κ2) is 18.7. The lowest BCUT2D eigenvalue weighted by molar-refractivity contribution is -0.688. The van der Waals surface area contributed by atoms with Gasteiger partial charge in [-0.2, -0.15) is 4.57 Å². The van der Waals surface area contributed by atoms with E-state index < -0.39 is 150 Å². The third kappa shape index (κ3) is 7.91. The Morgan fingerprint density at radius 1 is 0.397 bits per heavy atom. The highest BCUT2D eigenvalue weighted by molar-refractivity contribution is 7.20. The van der Waals surface area contributed by atoms with E-state index in [0.29, 0.717) is 11.3 Å². The molecule has 0 amide bonds. The molecule has 0 unspecified atom stereocenters. The van der Waals surface area contributed by atoms with Gasteiger partial charge in [0.25, 0.3) is 0 Å². The van der Waals surface area contributed by atoms with E-state index in [0.717, 1.165) is 10.8 Å². The molecule has 1 heterocycles. The topological polar surface area (TPSA) is 58.2 Å². The average molecular weight is 985 g/mol. The van der Waals surface area contributed by atoms with Crippen LogP contribution in [0.4, 0.5) is 87.8 Å². The van der Waals surface area contributed by atoms with Gasteiger partial charge >= 0.3 is 5.97 Å². The van der Waals surface area contributed by atoms with E-state index in [9.17, 15) is 67.4 Å². The molecule has 0 saturated carbocycles. The van der Waals surface area contributed by atoms with E-state index in [1.54, 1.807) is 22.9 Å². The van der Waals surface area contributed by atoms with Crippen molar-refractivity contribution in [2.24, 2.45) is 0 Å². The normalized spacial score (nSPS) is 11.5. The number of fused-ring (bicyclic) bond motifs is 1. The summed E-state index contributed by atoms with van der Waals surface area (Å²) in [5, 5.41) is 11.0. The number of carboxylic acid groups (broad SMARTS) is 1. The minimum atomic E-state index is -7.22. The minimum Gasteiger partial charge on any atom is -0.481 e. The maximum atomic E-state index is 15.4. The second-order valence-electron chi connectivity index (χ2n) is 14.1. The number of rotatable bonds is 9. The smallest absolute Gasteiger partial charge is 0.314 e. The summed E-state index contributed by atoms with van der Waals surface area (Å²) in [6.07, 6.45) is -5.56. The zero-order valence-corrected chi connectivity index (χ0v) is 32.6. The molecule has 7 aromatic rings. The van der Waals surface area contributed by atoms with E-state index >= 15 is 35.1 Å². The van der Waals surface area contributed by atoms with Gasteiger partial charge in [-0.3, -0.25) is 9.59 Å². The Balaban J connectivity index is 0.000000276. The Kier molecular flexibility index (Phi) is 13.7. The number of hydrogen-bond acceptors (Lipinski definition) is 2. The molecule has 0 fully saturated rings. The Labute approximate surface area is 364 Å². The van der Waals surface area contributed by atoms with Crippen molar-refractivity contribution in [3.8, 4) is 0 Å². The molecule has 0 bridgehead atoms. The molecule has 0 aliphatic heterocycles. The molecule has 0 saturated heterocycles. The van der Waals surface area contributed by atoms with E-state index in [1.807, 2.05) is 48.5 Å². The minimum absolute atomic E-state index is 0.0440. The van der Waals surface area contributed by atoms with E-state index in [2.05, 4.69) is 0 Å². The quantitative estimate of drug-likeness (QED) is 0.0395. The van der Waals surface area contributed by atoms with Crippen molar-refractivity contribution < 1.29 is 107 Å². The third-order valence-electron chi connectivity index (χ3n) is 10.5. The van der Waals surface area contributed by atoms with E-state index in [-0.39, 0.29) is 18.7 Å². The van der Waals surface area contributed by atoms with Gasteiger partial charge in [0.05, 0.1) is 0 Å². The first-order valence-electron chi connectivity index (χ1n) is 18.3. The van der Waals surface area contributed by atoms with Crippen molar-refractivity contribution in [3.05, 3.63) is 194 Å². The van der Waals surface area contributed by atoms with Gasteiger partial charge in [-0.1, -0.05) is 48.5 Å². The first-order valence-corrected chi connectivity index (χ1v) is 18.3. The maximum absolute atomic E-state index is 15.4. The molecule has 0 aliphatic carbocycles. The number of hydrogen-bond donors (Lipinski definition) is 1. The Morgan fingerprint density at radius 2 is 0.691 bits per heavy atom. The van der Waals surface area contributed by atoms with Crippen LogP contribution in [-0.2, 0) is 17.8 Å². The first-order chi connectivity index (χ1) is 31.8. The molecule has 4 nitrogen and oxygen atoms in total. The fraction of sp³-hybridized carbons (Fsp3) is 0.0465. The molecule has 0 aliphatic rings. The molecule has 7 rings (SSSR count). The number of halogens is 20. The summed E-state index contributed by atoms with van der Waals surface area (Å²) in [6.45, 7) is 0.122. The van der Waals surface area contributed by atoms with Crippen LogP contribution < -0.4 is 26.4 Å². The lowest BCUT2D eigenvalue weighted by atomic mass is 9.12. The summed E-state index contributed by atoms with van der Waals surface area (Å²) >= 11 is 0. The monoisotopic (exact) mass is 985 g/mol. The van der Waals surface area contributed by atoms with Crippen molar-refractivity contribution in [1.82, 2.24) is 0 Å². The number of carboxylic acids is 1. The summed E-state index contributed by atoms with van der Waals surface area (Å²) in [5.74, 6) is -72.4. The Hall–Kier alpha value is -7.47. The van der Waals surface area contributed by atoms with Gasteiger partial charge in [0, 0.05) is 17.0 Å². The van der Waals surface area contributed by atoms with Crippen molar-refractivity contribution in [2.75, 3.05) is 0 Å². The Morgan fingerprint density at radius 3 is 1.01 bits per heavy atom. The van der Waals surface area contributed by atoms with Crippen molar-refractivity contribution in [2.45, 2.75) is 13.0 Å². The van der Waals surface area contributed by atoms with Crippen LogP contribution in [0, 0.1) is 116 Å². The number of benzene rings is 6. The molecule has 25 heteroatoms. The zero-order valence-electron chi connectivity index (χ0n) is 32.6. The highest BCUT2D eigenvalue weighted by Crippen LogP contribution is 2.31. The van der Waals surface area contributed by atoms with Crippen LogP contribution in [-0.4, -0.2) is 23.0 Å². The van der Waals surface area contributed by atoms with Gasteiger partial charge in [0.15, 0.2) is 76.0 Å². The predicted octanol–water partition coefficient (Wildman–Crippen LogP) is 8.48. The summed E-state index contributed by atoms with van der Waals surface area (Å²) in [4.78, 5) is 23.6. The highest BCUT2D eigenvalue weighted by Gasteiger charge is 2.52. The van der Waals surface area contributed by atoms with Gasteiger partial charge in [0.1, 0.15) is 59.1 Å². The van der Waals surface area contributed by atoms with E-state index in [1.165, 1.54) is 0 Å². The van der Waals surface area contributed by atoms with Crippen LogP contribution in [0.15, 0.2) is 66.9 Å². The van der Waals surface area contributed by atoms with Crippen LogP contribution >= 0.6 is 0 Å². The summed E-state index contributed by atoms with van der Waals surface area (Å²) in [5.41, 5.74) is -13.1. The number of aromatic nitrogens is 1. The largest absolute Gasteiger partial charge is 0.481 e. The molecule has 0 radical (unpaired) electrons. The van der Waals surface area contributed by atoms with Crippen LogP contribution in [0.25, 0.3) is 10.8 Å². The standard InChI is InChI=1S/C24BF20.C19H15NO3/c26-5-1(6(27)14(35)21(42)13(5)34)25(2-7(28)15(36)22(43)16(37)8(2)29,3-9(30)17(38)23(44)18(39)10(3)31)4-11(32)19(40)24(45)20(41)12(4)33;21-18(15-7-2-1-3-8-15)13-20-11-10-14-6-4-5-9-16(14)17(20)12-19(22)23/h;1-11H,12-13H2/q-1;/p+1.